The summed E-state index contributed by atoms with van der Waals surface area (Å²) in [6.45, 7) is 6.14. The maximum atomic E-state index is 6.10. The van der Waals surface area contributed by atoms with Gasteiger partial charge in [0, 0.05) is 5.02 Å². The molecule has 1 aromatic carbocycles. The van der Waals surface area contributed by atoms with E-state index in [1.807, 2.05) is 45.0 Å². The minimum atomic E-state index is -0.246. The van der Waals surface area contributed by atoms with Gasteiger partial charge in [0.25, 0.3) is 0 Å². The zero-order valence-electron chi connectivity index (χ0n) is 11.4. The highest BCUT2D eigenvalue weighted by Gasteiger charge is 2.26. The van der Waals surface area contributed by atoms with E-state index in [0.717, 1.165) is 5.56 Å². The standard InChI is InChI=1S/C14H18ClN3O/c1-14(2,3)12(16)13-17-11(19-18-13)8-9-5-4-6-10(15)7-9/h4-7,12H,8,16H2,1-3H3. The number of nitrogens with two attached hydrogens (primary N) is 1. The van der Waals surface area contributed by atoms with E-state index < -0.39 is 0 Å². The summed E-state index contributed by atoms with van der Waals surface area (Å²) in [5.74, 6) is 1.10. The van der Waals surface area contributed by atoms with Crippen LogP contribution in [0, 0.1) is 5.41 Å². The molecule has 0 radical (unpaired) electrons. The normalized spacial score (nSPS) is 13.5. The molecule has 0 aliphatic heterocycles. The molecule has 0 aliphatic carbocycles. The molecule has 5 heteroatoms. The Morgan fingerprint density at radius 1 is 1.37 bits per heavy atom. The number of hydrogen-bond donors (Lipinski definition) is 1. The molecule has 102 valence electrons. The molecular formula is C14H18ClN3O. The zero-order chi connectivity index (χ0) is 14.0. The second-order valence-corrected chi connectivity index (χ2v) is 6.13. The lowest BCUT2D eigenvalue weighted by molar-refractivity contribution is 0.301. The van der Waals surface area contributed by atoms with Crippen molar-refractivity contribution >= 4 is 11.6 Å². The van der Waals surface area contributed by atoms with Gasteiger partial charge in [0.15, 0.2) is 5.82 Å². The van der Waals surface area contributed by atoms with E-state index in [9.17, 15) is 0 Å². The van der Waals surface area contributed by atoms with Gasteiger partial charge in [0.2, 0.25) is 5.89 Å². The molecule has 0 saturated carbocycles. The lowest BCUT2D eigenvalue weighted by atomic mass is 9.87. The average molecular weight is 280 g/mol. The third-order valence-corrected chi connectivity index (χ3v) is 3.17. The summed E-state index contributed by atoms with van der Waals surface area (Å²) >= 11 is 5.94. The van der Waals surface area contributed by atoms with E-state index >= 15 is 0 Å². The number of rotatable bonds is 3. The quantitative estimate of drug-likeness (QED) is 0.936. The number of halogens is 1. The Labute approximate surface area is 118 Å². The van der Waals surface area contributed by atoms with Crippen LogP contribution in [-0.2, 0) is 6.42 Å². The van der Waals surface area contributed by atoms with Crippen LogP contribution in [0.4, 0.5) is 0 Å². The van der Waals surface area contributed by atoms with Crippen LogP contribution in [0.3, 0.4) is 0 Å². The van der Waals surface area contributed by atoms with Gasteiger partial charge in [0.05, 0.1) is 12.5 Å². The predicted octanol–water partition coefficient (Wildman–Crippen LogP) is 3.36. The Hall–Kier alpha value is -1.39. The summed E-state index contributed by atoms with van der Waals surface area (Å²) in [6, 6.07) is 7.34. The molecular weight excluding hydrogens is 262 g/mol. The maximum absolute atomic E-state index is 6.10. The lowest BCUT2D eigenvalue weighted by Gasteiger charge is -2.23. The minimum absolute atomic E-state index is 0.100. The molecule has 1 aromatic heterocycles. The van der Waals surface area contributed by atoms with Crippen LogP contribution in [0.25, 0.3) is 0 Å². The van der Waals surface area contributed by atoms with Crippen LogP contribution in [0.1, 0.15) is 44.1 Å². The van der Waals surface area contributed by atoms with Gasteiger partial charge in [-0.2, -0.15) is 4.98 Å². The number of nitrogens with zero attached hydrogens (tertiary/aromatic N) is 2. The zero-order valence-corrected chi connectivity index (χ0v) is 12.1. The molecule has 1 unspecified atom stereocenters. The van der Waals surface area contributed by atoms with Crippen molar-refractivity contribution in [2.75, 3.05) is 0 Å². The van der Waals surface area contributed by atoms with Gasteiger partial charge >= 0.3 is 0 Å². The van der Waals surface area contributed by atoms with Crippen LogP contribution < -0.4 is 5.73 Å². The molecule has 1 atom stereocenters. The summed E-state index contributed by atoms with van der Waals surface area (Å²) < 4.78 is 5.24. The average Bonchev–Trinajstić information content (AvgIpc) is 2.75. The van der Waals surface area contributed by atoms with Crippen molar-refractivity contribution in [2.24, 2.45) is 11.1 Å². The van der Waals surface area contributed by atoms with E-state index in [2.05, 4.69) is 10.1 Å². The van der Waals surface area contributed by atoms with Gasteiger partial charge in [-0.25, -0.2) is 0 Å². The van der Waals surface area contributed by atoms with Crippen molar-refractivity contribution < 1.29 is 4.52 Å². The van der Waals surface area contributed by atoms with Crippen molar-refractivity contribution in [3.05, 3.63) is 46.6 Å². The Bertz CT molecular complexity index is 560. The molecule has 19 heavy (non-hydrogen) atoms. The second-order valence-electron chi connectivity index (χ2n) is 5.70. The van der Waals surface area contributed by atoms with Crippen molar-refractivity contribution in [3.8, 4) is 0 Å². The van der Waals surface area contributed by atoms with E-state index in [0.29, 0.717) is 23.2 Å². The van der Waals surface area contributed by atoms with Crippen LogP contribution in [-0.4, -0.2) is 10.1 Å². The first kappa shape index (κ1) is 14.0. The predicted molar refractivity (Wildman–Crippen MR) is 74.9 cm³/mol. The Morgan fingerprint density at radius 3 is 2.74 bits per heavy atom. The van der Waals surface area contributed by atoms with Crippen molar-refractivity contribution in [2.45, 2.75) is 33.2 Å². The van der Waals surface area contributed by atoms with Crippen LogP contribution in [0.15, 0.2) is 28.8 Å². The Balaban J connectivity index is 2.14. The SMILES string of the molecule is CC(C)(C)C(N)c1noc(Cc2cccc(Cl)c2)n1. The molecule has 0 saturated heterocycles. The highest BCUT2D eigenvalue weighted by atomic mass is 35.5. The maximum Gasteiger partial charge on any atom is 0.231 e. The Morgan fingerprint density at radius 2 is 2.11 bits per heavy atom. The van der Waals surface area contributed by atoms with Crippen LogP contribution in [0.5, 0.6) is 0 Å². The highest BCUT2D eigenvalue weighted by molar-refractivity contribution is 6.30. The third-order valence-electron chi connectivity index (χ3n) is 2.94. The lowest BCUT2D eigenvalue weighted by Crippen LogP contribution is -2.27. The van der Waals surface area contributed by atoms with Gasteiger partial charge < -0.3 is 10.3 Å². The first-order valence-corrected chi connectivity index (χ1v) is 6.56. The molecule has 4 nitrogen and oxygen atoms in total. The Kier molecular flexibility index (Phi) is 3.92. The van der Waals surface area contributed by atoms with Crippen LogP contribution >= 0.6 is 11.6 Å². The molecule has 0 amide bonds. The van der Waals surface area contributed by atoms with Gasteiger partial charge in [-0.3, -0.25) is 0 Å². The van der Waals surface area contributed by atoms with Gasteiger partial charge in [-0.05, 0) is 23.1 Å². The van der Waals surface area contributed by atoms with E-state index in [1.54, 1.807) is 0 Å². The van der Waals surface area contributed by atoms with E-state index in [-0.39, 0.29) is 11.5 Å². The smallest absolute Gasteiger partial charge is 0.231 e. The van der Waals surface area contributed by atoms with E-state index in [1.165, 1.54) is 0 Å². The molecule has 2 rings (SSSR count). The van der Waals surface area contributed by atoms with Crippen molar-refractivity contribution in [3.63, 3.8) is 0 Å². The largest absolute Gasteiger partial charge is 0.339 e. The first-order valence-electron chi connectivity index (χ1n) is 6.19. The summed E-state index contributed by atoms with van der Waals surface area (Å²) in [7, 11) is 0. The summed E-state index contributed by atoms with van der Waals surface area (Å²) in [4.78, 5) is 4.36. The summed E-state index contributed by atoms with van der Waals surface area (Å²) in [5, 5.41) is 4.65. The molecule has 0 bridgehead atoms. The fraction of sp³-hybridized carbons (Fsp3) is 0.429. The second kappa shape index (κ2) is 5.31. The topological polar surface area (TPSA) is 64.9 Å². The molecule has 1 heterocycles. The van der Waals surface area contributed by atoms with E-state index in [4.69, 9.17) is 21.9 Å². The number of benzene rings is 1. The van der Waals surface area contributed by atoms with Gasteiger partial charge in [0.1, 0.15) is 0 Å². The molecule has 0 fully saturated rings. The number of aromatic nitrogens is 2. The van der Waals surface area contributed by atoms with Gasteiger partial charge in [-0.1, -0.05) is 49.7 Å². The van der Waals surface area contributed by atoms with Crippen molar-refractivity contribution in [1.82, 2.24) is 10.1 Å². The number of hydrogen-bond acceptors (Lipinski definition) is 4. The molecule has 0 aliphatic rings. The molecule has 2 N–H and O–H groups in total. The molecule has 0 spiro atoms. The third kappa shape index (κ3) is 3.55. The molecule has 2 aromatic rings. The first-order chi connectivity index (χ1) is 8.86. The fourth-order valence-electron chi connectivity index (χ4n) is 1.68. The summed E-state index contributed by atoms with van der Waals surface area (Å²) in [5.41, 5.74) is 7.03. The highest BCUT2D eigenvalue weighted by Crippen LogP contribution is 2.28. The minimum Gasteiger partial charge on any atom is -0.339 e. The fourth-order valence-corrected chi connectivity index (χ4v) is 1.89. The summed E-state index contributed by atoms with van der Waals surface area (Å²) in [6.07, 6.45) is 0.560. The monoisotopic (exact) mass is 279 g/mol. The van der Waals surface area contributed by atoms with Crippen molar-refractivity contribution in [1.29, 1.82) is 0 Å². The van der Waals surface area contributed by atoms with Crippen LogP contribution in [0.2, 0.25) is 5.02 Å². The van der Waals surface area contributed by atoms with Gasteiger partial charge in [-0.15, -0.1) is 0 Å².